The molecule has 0 aliphatic carbocycles. The van der Waals surface area contributed by atoms with Crippen LogP contribution in [0.5, 0.6) is 0 Å². The van der Waals surface area contributed by atoms with Crippen molar-refractivity contribution in [2.45, 2.75) is 64.4 Å². The summed E-state index contributed by atoms with van der Waals surface area (Å²) in [4.78, 5) is 11.1. The van der Waals surface area contributed by atoms with E-state index in [1.807, 2.05) is 6.34 Å². The average molecular weight is 391 g/mol. The van der Waals surface area contributed by atoms with Crippen molar-refractivity contribution in [3.8, 4) is 0 Å². The number of nitrogens with zero attached hydrogens (tertiary/aromatic N) is 7. The highest BCUT2D eigenvalue weighted by Crippen LogP contribution is 2.31. The van der Waals surface area contributed by atoms with Gasteiger partial charge in [-0.3, -0.25) is 4.57 Å². The Bertz CT molecular complexity index is 774. The predicted molar refractivity (Wildman–Crippen MR) is 104 cm³/mol. The Morgan fingerprint density at radius 2 is 2.04 bits per heavy atom. The summed E-state index contributed by atoms with van der Waals surface area (Å²) in [5.41, 5.74) is 1.02. The number of ether oxygens (including phenoxy) is 1. The van der Waals surface area contributed by atoms with Gasteiger partial charge in [-0.15, -0.1) is 10.2 Å². The van der Waals surface area contributed by atoms with Crippen LogP contribution in [0.25, 0.3) is 11.2 Å². The largest absolute Gasteiger partial charge is 0.394 e. The molecule has 0 radical (unpaired) electrons. The fraction of sp³-hybridized carbons (Fsp3) is 0.722. The van der Waals surface area contributed by atoms with Crippen molar-refractivity contribution in [3.05, 3.63) is 6.33 Å². The van der Waals surface area contributed by atoms with Crippen LogP contribution < -0.4 is 0 Å². The summed E-state index contributed by atoms with van der Waals surface area (Å²) in [6.45, 7) is 6.00. The Labute approximate surface area is 164 Å². The SMILES string of the molecule is CCCCN(C=Nc1nnnc2c1ncn2[C@@H]1C[C@H](O)[C@@H](CO)O1)CCCC. The van der Waals surface area contributed by atoms with Gasteiger partial charge in [0.15, 0.2) is 11.2 Å². The standard InChI is InChI=1S/C18H29N7O3/c1-3-5-7-24(8-6-4-2)11-20-17-16-18(22-23-21-17)25(12-19-16)15-9-13(27)14(10-26)28-15/h11-15,26-27H,3-10H2,1-2H3/t13-,14+,15-/m0/s1. The van der Waals surface area contributed by atoms with E-state index in [0.717, 1.165) is 38.8 Å². The molecule has 1 aliphatic rings. The molecule has 0 spiro atoms. The summed E-state index contributed by atoms with van der Waals surface area (Å²) in [6, 6.07) is 0. The van der Waals surface area contributed by atoms with Crippen LogP contribution >= 0.6 is 0 Å². The Morgan fingerprint density at radius 1 is 1.29 bits per heavy atom. The molecule has 28 heavy (non-hydrogen) atoms. The van der Waals surface area contributed by atoms with Crippen LogP contribution in [0, 0.1) is 0 Å². The quantitative estimate of drug-likeness (QED) is 0.461. The van der Waals surface area contributed by atoms with E-state index in [0.29, 0.717) is 23.4 Å². The van der Waals surface area contributed by atoms with E-state index in [9.17, 15) is 10.2 Å². The maximum absolute atomic E-state index is 9.98. The third-order valence-electron chi connectivity index (χ3n) is 4.89. The zero-order chi connectivity index (χ0) is 19.9. The van der Waals surface area contributed by atoms with E-state index >= 15 is 0 Å². The first-order chi connectivity index (χ1) is 13.7. The maximum atomic E-state index is 9.98. The molecular formula is C18H29N7O3. The van der Waals surface area contributed by atoms with Gasteiger partial charge in [-0.1, -0.05) is 26.7 Å². The predicted octanol–water partition coefficient (Wildman–Crippen LogP) is 1.42. The number of rotatable bonds is 10. The van der Waals surface area contributed by atoms with Gasteiger partial charge in [0.2, 0.25) is 5.82 Å². The number of aliphatic hydroxyl groups excluding tert-OH is 2. The maximum Gasteiger partial charge on any atom is 0.207 e. The molecule has 10 nitrogen and oxygen atoms in total. The molecule has 1 saturated heterocycles. The lowest BCUT2D eigenvalue weighted by Gasteiger charge is -2.18. The monoisotopic (exact) mass is 391 g/mol. The molecular weight excluding hydrogens is 362 g/mol. The number of fused-ring (bicyclic) bond motifs is 1. The lowest BCUT2D eigenvalue weighted by Crippen LogP contribution is -2.24. The molecule has 1 fully saturated rings. The zero-order valence-corrected chi connectivity index (χ0v) is 16.5. The van der Waals surface area contributed by atoms with Crippen LogP contribution in [0.2, 0.25) is 0 Å². The molecule has 3 atom stereocenters. The minimum Gasteiger partial charge on any atom is -0.394 e. The zero-order valence-electron chi connectivity index (χ0n) is 16.5. The van der Waals surface area contributed by atoms with E-state index in [2.05, 4.69) is 44.1 Å². The molecule has 0 saturated carbocycles. The second-order valence-electron chi connectivity index (χ2n) is 7.04. The first kappa shape index (κ1) is 20.6. The Kier molecular flexibility index (Phi) is 7.24. The van der Waals surface area contributed by atoms with Crippen molar-refractivity contribution in [1.82, 2.24) is 29.9 Å². The van der Waals surface area contributed by atoms with Gasteiger partial charge < -0.3 is 19.8 Å². The number of aliphatic imine (C=N–C) groups is 1. The second kappa shape index (κ2) is 9.85. The lowest BCUT2D eigenvalue weighted by molar-refractivity contribution is -0.0432. The van der Waals surface area contributed by atoms with Gasteiger partial charge in [0.25, 0.3) is 0 Å². The molecule has 0 amide bonds. The minimum atomic E-state index is -0.731. The number of imidazole rings is 1. The summed E-state index contributed by atoms with van der Waals surface area (Å²) >= 11 is 0. The van der Waals surface area contributed by atoms with E-state index < -0.39 is 18.4 Å². The summed E-state index contributed by atoms with van der Waals surface area (Å²) < 4.78 is 7.39. The van der Waals surface area contributed by atoms with Crippen molar-refractivity contribution >= 4 is 23.3 Å². The van der Waals surface area contributed by atoms with Crippen molar-refractivity contribution in [2.24, 2.45) is 4.99 Å². The summed E-state index contributed by atoms with van der Waals surface area (Å²) in [7, 11) is 0. The topological polar surface area (TPSA) is 122 Å². The van der Waals surface area contributed by atoms with Gasteiger partial charge in [0.05, 0.1) is 25.4 Å². The third-order valence-corrected chi connectivity index (χ3v) is 4.89. The molecule has 3 rings (SSSR count). The van der Waals surface area contributed by atoms with Crippen molar-refractivity contribution in [1.29, 1.82) is 0 Å². The highest BCUT2D eigenvalue weighted by Gasteiger charge is 2.35. The van der Waals surface area contributed by atoms with Crippen LogP contribution in [0.4, 0.5) is 5.82 Å². The number of aliphatic hydroxyl groups is 2. The summed E-state index contributed by atoms with van der Waals surface area (Å²) in [5, 5.41) is 31.2. The van der Waals surface area contributed by atoms with Crippen LogP contribution in [0.1, 0.15) is 52.2 Å². The Morgan fingerprint density at radius 3 is 2.68 bits per heavy atom. The molecule has 2 aromatic heterocycles. The van der Waals surface area contributed by atoms with Gasteiger partial charge in [-0.05, 0) is 18.1 Å². The Balaban J connectivity index is 1.80. The number of hydrogen-bond acceptors (Lipinski definition) is 8. The smallest absolute Gasteiger partial charge is 0.207 e. The number of unbranched alkanes of at least 4 members (excludes halogenated alkanes) is 2. The van der Waals surface area contributed by atoms with E-state index in [1.165, 1.54) is 0 Å². The molecule has 2 N–H and O–H groups in total. The summed E-state index contributed by atoms with van der Waals surface area (Å²) in [6.07, 6.45) is 6.41. The first-order valence-electron chi connectivity index (χ1n) is 9.96. The van der Waals surface area contributed by atoms with Gasteiger partial charge in [-0.25, -0.2) is 9.98 Å². The van der Waals surface area contributed by atoms with Crippen molar-refractivity contribution in [2.75, 3.05) is 19.7 Å². The second-order valence-corrected chi connectivity index (χ2v) is 7.04. The molecule has 10 heteroatoms. The van der Waals surface area contributed by atoms with Crippen LogP contribution in [-0.2, 0) is 4.74 Å². The Hall–Kier alpha value is -2.17. The molecule has 1 aliphatic heterocycles. The van der Waals surface area contributed by atoms with E-state index in [4.69, 9.17) is 4.74 Å². The fourth-order valence-electron chi connectivity index (χ4n) is 3.20. The van der Waals surface area contributed by atoms with Crippen LogP contribution in [0.3, 0.4) is 0 Å². The van der Waals surface area contributed by atoms with Crippen molar-refractivity contribution in [3.63, 3.8) is 0 Å². The molecule has 3 heterocycles. The number of aromatic nitrogens is 5. The molecule has 2 aromatic rings. The fourth-order valence-corrected chi connectivity index (χ4v) is 3.20. The summed E-state index contributed by atoms with van der Waals surface area (Å²) in [5.74, 6) is 0.402. The lowest BCUT2D eigenvalue weighted by atomic mass is 10.2. The number of hydrogen-bond donors (Lipinski definition) is 2. The van der Waals surface area contributed by atoms with Gasteiger partial charge >= 0.3 is 0 Å². The highest BCUT2D eigenvalue weighted by atomic mass is 16.5. The first-order valence-corrected chi connectivity index (χ1v) is 9.96. The van der Waals surface area contributed by atoms with Gasteiger partial charge in [0.1, 0.15) is 12.3 Å². The van der Waals surface area contributed by atoms with Crippen LogP contribution in [0.15, 0.2) is 11.3 Å². The molecule has 0 aromatic carbocycles. The van der Waals surface area contributed by atoms with Gasteiger partial charge in [0, 0.05) is 19.5 Å². The average Bonchev–Trinajstić information content (AvgIpc) is 3.30. The highest BCUT2D eigenvalue weighted by molar-refractivity contribution is 5.82. The van der Waals surface area contributed by atoms with E-state index in [1.54, 1.807) is 10.9 Å². The van der Waals surface area contributed by atoms with Gasteiger partial charge in [-0.2, -0.15) is 0 Å². The molecule has 0 bridgehead atoms. The molecule has 154 valence electrons. The molecule has 0 unspecified atom stereocenters. The van der Waals surface area contributed by atoms with Crippen molar-refractivity contribution < 1.29 is 14.9 Å². The minimum absolute atomic E-state index is 0.238. The van der Waals surface area contributed by atoms with E-state index in [-0.39, 0.29) is 6.61 Å². The third kappa shape index (κ3) is 4.62. The normalized spacial score (nSPS) is 22.5. The van der Waals surface area contributed by atoms with Crippen LogP contribution in [-0.4, -0.2) is 78.3 Å².